The highest BCUT2D eigenvalue weighted by Crippen LogP contribution is 2.26. The van der Waals surface area contributed by atoms with Gasteiger partial charge in [-0.15, -0.1) is 0 Å². The third-order valence-electron chi connectivity index (χ3n) is 4.29. The summed E-state index contributed by atoms with van der Waals surface area (Å²) in [6.45, 7) is 3.11. The number of ether oxygens (including phenoxy) is 1. The smallest absolute Gasteiger partial charge is 0.111 e. The minimum absolute atomic E-state index is 0.202. The largest absolute Gasteiger partial charge is 0.394 e. The molecular weight excluding hydrogens is 280 g/mol. The summed E-state index contributed by atoms with van der Waals surface area (Å²) in [7, 11) is 0. The van der Waals surface area contributed by atoms with E-state index in [1.165, 1.54) is 0 Å². The van der Waals surface area contributed by atoms with E-state index < -0.39 is 49.3 Å². The van der Waals surface area contributed by atoms with E-state index >= 15 is 0 Å². The average Bonchev–Trinajstić information content (AvgIpc) is 2.50. The lowest BCUT2D eigenvalue weighted by Crippen LogP contribution is -2.58. The lowest BCUT2D eigenvalue weighted by Gasteiger charge is -2.40. The highest BCUT2D eigenvalue weighted by Gasteiger charge is 2.43. The van der Waals surface area contributed by atoms with Crippen molar-refractivity contribution in [1.29, 1.82) is 0 Å². The monoisotopic (exact) mass is 308 g/mol. The van der Waals surface area contributed by atoms with Crippen LogP contribution in [0.4, 0.5) is 0 Å². The van der Waals surface area contributed by atoms with Gasteiger partial charge in [0.15, 0.2) is 0 Å². The fourth-order valence-electron chi connectivity index (χ4n) is 2.64. The number of rotatable bonds is 7. The zero-order chi connectivity index (χ0) is 16.2. The van der Waals surface area contributed by atoms with Crippen molar-refractivity contribution in [2.45, 2.75) is 75.8 Å². The molecule has 126 valence electrons. The number of aliphatic hydroxyl groups is 6. The van der Waals surface area contributed by atoms with Gasteiger partial charge in [0.2, 0.25) is 0 Å². The van der Waals surface area contributed by atoms with Crippen molar-refractivity contribution in [1.82, 2.24) is 0 Å². The molecule has 0 aromatic heterocycles. The van der Waals surface area contributed by atoms with Crippen LogP contribution in [-0.2, 0) is 4.74 Å². The Morgan fingerprint density at radius 1 is 1.00 bits per heavy atom. The van der Waals surface area contributed by atoms with Gasteiger partial charge in [-0.2, -0.15) is 0 Å². The first-order valence-corrected chi connectivity index (χ1v) is 7.50. The maximum atomic E-state index is 9.90. The molecule has 0 saturated carbocycles. The summed E-state index contributed by atoms with van der Waals surface area (Å²) in [6, 6.07) is 0. The molecule has 0 amide bonds. The lowest BCUT2D eigenvalue weighted by atomic mass is 9.88. The second kappa shape index (κ2) is 8.38. The molecule has 7 heteroatoms. The van der Waals surface area contributed by atoms with Crippen LogP contribution in [0.2, 0.25) is 0 Å². The van der Waals surface area contributed by atoms with Crippen LogP contribution in [0.3, 0.4) is 0 Å². The predicted molar refractivity (Wildman–Crippen MR) is 74.5 cm³/mol. The average molecular weight is 308 g/mol. The molecule has 0 aromatic rings. The number of aliphatic hydroxyl groups excluding tert-OH is 6. The molecule has 1 rings (SSSR count). The van der Waals surface area contributed by atoms with Gasteiger partial charge >= 0.3 is 0 Å². The first-order valence-electron chi connectivity index (χ1n) is 7.50. The van der Waals surface area contributed by atoms with Crippen molar-refractivity contribution in [2.75, 3.05) is 6.61 Å². The lowest BCUT2D eigenvalue weighted by molar-refractivity contribution is -0.231. The van der Waals surface area contributed by atoms with Crippen molar-refractivity contribution >= 4 is 0 Å². The summed E-state index contributed by atoms with van der Waals surface area (Å²) < 4.78 is 5.39. The van der Waals surface area contributed by atoms with E-state index in [1.807, 2.05) is 0 Å². The van der Waals surface area contributed by atoms with Crippen LogP contribution in [0.15, 0.2) is 0 Å². The first kappa shape index (κ1) is 18.8. The quantitative estimate of drug-likeness (QED) is 0.333. The molecule has 1 heterocycles. The zero-order valence-corrected chi connectivity index (χ0v) is 12.5. The molecule has 8 unspecified atom stereocenters. The molecule has 6 N–H and O–H groups in total. The third kappa shape index (κ3) is 4.59. The summed E-state index contributed by atoms with van der Waals surface area (Å²) in [6.07, 6.45) is -6.00. The molecular formula is C14H28O7. The van der Waals surface area contributed by atoms with Crippen LogP contribution in [0.25, 0.3) is 0 Å². The Morgan fingerprint density at radius 3 is 2.10 bits per heavy atom. The second-order valence-electron chi connectivity index (χ2n) is 5.89. The van der Waals surface area contributed by atoms with E-state index in [1.54, 1.807) is 13.8 Å². The molecule has 0 radical (unpaired) electrons. The van der Waals surface area contributed by atoms with Gasteiger partial charge in [0.05, 0.1) is 24.9 Å². The Morgan fingerprint density at radius 2 is 1.57 bits per heavy atom. The van der Waals surface area contributed by atoms with Gasteiger partial charge < -0.3 is 35.4 Å². The van der Waals surface area contributed by atoms with Crippen molar-refractivity contribution in [2.24, 2.45) is 5.92 Å². The maximum Gasteiger partial charge on any atom is 0.111 e. The molecule has 1 saturated heterocycles. The Hall–Kier alpha value is -0.280. The Kier molecular flexibility index (Phi) is 7.49. The van der Waals surface area contributed by atoms with E-state index in [4.69, 9.17) is 9.84 Å². The third-order valence-corrected chi connectivity index (χ3v) is 4.29. The van der Waals surface area contributed by atoms with Crippen LogP contribution >= 0.6 is 0 Å². The van der Waals surface area contributed by atoms with Gasteiger partial charge in [-0.05, 0) is 25.2 Å². The standard InChI is InChI=1S/C14H28O7/c1-3-8(16)11(17)7(2)4-5-9-12(18)14(20)13(19)10(6-15)21-9/h7-20H,3-6H2,1-2H3. The molecule has 0 spiro atoms. The molecule has 0 bridgehead atoms. The van der Waals surface area contributed by atoms with Crippen LogP contribution in [-0.4, -0.2) is 80.0 Å². The molecule has 0 aliphatic carbocycles. The van der Waals surface area contributed by atoms with Crippen LogP contribution in [0, 0.1) is 5.92 Å². The normalized spacial score (nSPS) is 38.0. The summed E-state index contributed by atoms with van der Waals surface area (Å²) in [5.74, 6) is -0.202. The molecule has 1 fully saturated rings. The molecule has 1 aliphatic rings. The van der Waals surface area contributed by atoms with Crippen LogP contribution < -0.4 is 0 Å². The predicted octanol–water partition coefficient (Wildman–Crippen LogP) is -1.62. The summed E-state index contributed by atoms with van der Waals surface area (Å²) >= 11 is 0. The minimum atomic E-state index is -1.37. The fourth-order valence-corrected chi connectivity index (χ4v) is 2.64. The molecule has 1 aliphatic heterocycles. The van der Waals surface area contributed by atoms with Crippen LogP contribution in [0.5, 0.6) is 0 Å². The van der Waals surface area contributed by atoms with Crippen molar-refractivity contribution < 1.29 is 35.4 Å². The SMILES string of the molecule is CCC(O)C(O)C(C)CCC1OC(CO)C(O)C(O)C1O. The van der Waals surface area contributed by atoms with E-state index in [0.29, 0.717) is 19.3 Å². The van der Waals surface area contributed by atoms with Crippen molar-refractivity contribution in [3.8, 4) is 0 Å². The number of hydrogen-bond acceptors (Lipinski definition) is 7. The Labute approximate surface area is 124 Å². The van der Waals surface area contributed by atoms with Gasteiger partial charge in [-0.25, -0.2) is 0 Å². The molecule has 21 heavy (non-hydrogen) atoms. The number of hydrogen-bond donors (Lipinski definition) is 6. The highest BCUT2D eigenvalue weighted by molar-refractivity contribution is 4.92. The molecule has 8 atom stereocenters. The highest BCUT2D eigenvalue weighted by atomic mass is 16.5. The topological polar surface area (TPSA) is 131 Å². The zero-order valence-electron chi connectivity index (χ0n) is 12.5. The fraction of sp³-hybridized carbons (Fsp3) is 1.00. The minimum Gasteiger partial charge on any atom is -0.394 e. The van der Waals surface area contributed by atoms with Gasteiger partial charge in [-0.3, -0.25) is 0 Å². The molecule has 7 nitrogen and oxygen atoms in total. The van der Waals surface area contributed by atoms with Crippen LogP contribution in [0.1, 0.15) is 33.1 Å². The second-order valence-corrected chi connectivity index (χ2v) is 5.89. The maximum absolute atomic E-state index is 9.90. The van der Waals surface area contributed by atoms with E-state index in [0.717, 1.165) is 0 Å². The Bertz CT molecular complexity index is 299. The van der Waals surface area contributed by atoms with Gasteiger partial charge in [0.25, 0.3) is 0 Å². The first-order chi connectivity index (χ1) is 9.83. The summed E-state index contributed by atoms with van der Waals surface area (Å²) in [4.78, 5) is 0. The van der Waals surface area contributed by atoms with Crippen molar-refractivity contribution in [3.05, 3.63) is 0 Å². The van der Waals surface area contributed by atoms with E-state index in [9.17, 15) is 25.5 Å². The van der Waals surface area contributed by atoms with Gasteiger partial charge in [0.1, 0.15) is 24.4 Å². The Balaban J connectivity index is 2.53. The van der Waals surface area contributed by atoms with Crippen molar-refractivity contribution in [3.63, 3.8) is 0 Å². The van der Waals surface area contributed by atoms with E-state index in [-0.39, 0.29) is 5.92 Å². The summed E-state index contributed by atoms with van der Waals surface area (Å²) in [5, 5.41) is 57.9. The van der Waals surface area contributed by atoms with Gasteiger partial charge in [0, 0.05) is 0 Å². The molecule has 0 aromatic carbocycles. The summed E-state index contributed by atoms with van der Waals surface area (Å²) in [5.41, 5.74) is 0. The van der Waals surface area contributed by atoms with Gasteiger partial charge in [-0.1, -0.05) is 13.8 Å². The van der Waals surface area contributed by atoms with E-state index in [2.05, 4.69) is 0 Å².